The van der Waals surface area contributed by atoms with E-state index >= 15 is 0 Å². The molecular weight excluding hydrogens is 428 g/mol. The summed E-state index contributed by atoms with van der Waals surface area (Å²) >= 11 is 0. The minimum atomic E-state index is -0.278. The number of hydrogen-bond donors (Lipinski definition) is 1. The lowest BCUT2D eigenvalue weighted by molar-refractivity contribution is -0.136. The predicted octanol–water partition coefficient (Wildman–Crippen LogP) is 3.90. The highest BCUT2D eigenvalue weighted by atomic mass is 16.5. The van der Waals surface area contributed by atoms with Crippen molar-refractivity contribution in [1.29, 1.82) is 0 Å². The van der Waals surface area contributed by atoms with Crippen LogP contribution in [-0.4, -0.2) is 65.0 Å². The minimum Gasteiger partial charge on any atom is -0.497 e. The molecular formula is C27H28N4O3. The zero-order valence-electron chi connectivity index (χ0n) is 20.0. The fourth-order valence-corrected chi connectivity index (χ4v) is 4.57. The molecule has 1 unspecified atom stereocenters. The van der Waals surface area contributed by atoms with Crippen LogP contribution in [0.5, 0.6) is 5.75 Å². The van der Waals surface area contributed by atoms with E-state index in [4.69, 9.17) is 4.74 Å². The molecule has 2 aromatic heterocycles. The second-order valence-corrected chi connectivity index (χ2v) is 9.09. The number of nitrogens with one attached hydrogen (secondary N) is 1. The highest BCUT2D eigenvalue weighted by molar-refractivity contribution is 6.49. The Balaban J connectivity index is 1.75. The van der Waals surface area contributed by atoms with Crippen LogP contribution in [0.25, 0.3) is 33.0 Å². The van der Waals surface area contributed by atoms with Crippen molar-refractivity contribution in [3.05, 3.63) is 66.0 Å². The summed E-state index contributed by atoms with van der Waals surface area (Å²) in [6, 6.07) is 15.6. The maximum absolute atomic E-state index is 13.9. The Hall–Kier alpha value is -3.84. The Morgan fingerprint density at radius 1 is 1.03 bits per heavy atom. The van der Waals surface area contributed by atoms with Gasteiger partial charge in [0.15, 0.2) is 0 Å². The van der Waals surface area contributed by atoms with Gasteiger partial charge in [0, 0.05) is 53.2 Å². The molecule has 2 amide bonds. The number of methoxy groups -OCH3 is 1. The lowest BCUT2D eigenvalue weighted by atomic mass is 9.99. The number of amides is 2. The maximum atomic E-state index is 13.9. The van der Waals surface area contributed by atoms with Crippen molar-refractivity contribution in [2.75, 3.05) is 27.7 Å². The first-order valence-electron chi connectivity index (χ1n) is 11.3. The summed E-state index contributed by atoms with van der Waals surface area (Å²) in [5, 5.41) is 1.86. The fraction of sp³-hybridized carbons (Fsp3) is 0.259. The Bertz CT molecular complexity index is 1440. The molecule has 1 N–H and O–H groups in total. The number of nitrogens with zero attached hydrogens (tertiary/aromatic N) is 3. The first-order valence-corrected chi connectivity index (χ1v) is 11.3. The van der Waals surface area contributed by atoms with Gasteiger partial charge in [0.25, 0.3) is 11.8 Å². The molecule has 4 aromatic rings. The van der Waals surface area contributed by atoms with Gasteiger partial charge in [-0.3, -0.25) is 14.5 Å². The number of para-hydroxylation sites is 1. The molecule has 0 saturated carbocycles. The Morgan fingerprint density at radius 2 is 1.76 bits per heavy atom. The fourth-order valence-electron chi connectivity index (χ4n) is 4.57. The molecule has 174 valence electrons. The number of ether oxygens (including phenoxy) is 1. The van der Waals surface area contributed by atoms with Gasteiger partial charge >= 0.3 is 0 Å². The summed E-state index contributed by atoms with van der Waals surface area (Å²) < 4.78 is 7.42. The molecule has 2 aromatic carbocycles. The summed E-state index contributed by atoms with van der Waals surface area (Å²) in [5.41, 5.74) is 4.07. The standard InChI is InChI=1S/C27H28N4O3/c1-16(29(2)3)14-31-26(32)24(20-15-30(4)23-11-10-18(34-5)13-19(20)23)25(27(31)33)22-12-17-8-6-7-9-21(17)28-22/h6-13,15-16,28H,14H2,1-5H3. The Morgan fingerprint density at radius 3 is 2.47 bits per heavy atom. The normalized spacial score (nSPS) is 15.4. The number of hydrogen-bond acceptors (Lipinski definition) is 4. The van der Waals surface area contributed by atoms with Crippen LogP contribution in [0.2, 0.25) is 0 Å². The summed E-state index contributed by atoms with van der Waals surface area (Å²) in [5.74, 6) is 0.144. The zero-order chi connectivity index (χ0) is 24.1. The second-order valence-electron chi connectivity index (χ2n) is 9.09. The largest absolute Gasteiger partial charge is 0.497 e. The zero-order valence-corrected chi connectivity index (χ0v) is 20.0. The van der Waals surface area contributed by atoms with E-state index in [9.17, 15) is 9.59 Å². The summed E-state index contributed by atoms with van der Waals surface area (Å²) in [6.07, 6.45) is 1.92. The van der Waals surface area contributed by atoms with Gasteiger partial charge < -0.3 is 19.2 Å². The van der Waals surface area contributed by atoms with Crippen molar-refractivity contribution in [3.63, 3.8) is 0 Å². The third kappa shape index (κ3) is 3.40. The first kappa shape index (κ1) is 22.0. The molecule has 5 rings (SSSR count). The summed E-state index contributed by atoms with van der Waals surface area (Å²) in [4.78, 5) is 34.4. The van der Waals surface area contributed by atoms with E-state index in [0.717, 1.165) is 27.4 Å². The molecule has 3 heterocycles. The molecule has 0 aliphatic carbocycles. The Kier molecular flexibility index (Phi) is 5.29. The number of aromatic amines is 1. The average molecular weight is 457 g/mol. The SMILES string of the molecule is COc1ccc2c(c1)c(C1=C(c3cc4ccccc4[nH]3)C(=O)N(CC(C)N(C)C)C1=O)cn2C. The maximum Gasteiger partial charge on any atom is 0.263 e. The molecule has 0 saturated heterocycles. The van der Waals surface area contributed by atoms with E-state index < -0.39 is 0 Å². The third-order valence-electron chi connectivity index (χ3n) is 6.76. The van der Waals surface area contributed by atoms with Crippen molar-refractivity contribution < 1.29 is 14.3 Å². The number of fused-ring (bicyclic) bond motifs is 2. The van der Waals surface area contributed by atoms with Crippen molar-refractivity contribution in [1.82, 2.24) is 19.4 Å². The summed E-state index contributed by atoms with van der Waals surface area (Å²) in [7, 11) is 7.45. The van der Waals surface area contributed by atoms with Crippen molar-refractivity contribution in [2.45, 2.75) is 13.0 Å². The number of imide groups is 1. The molecule has 7 nitrogen and oxygen atoms in total. The number of H-pyrrole nitrogens is 1. The van der Waals surface area contributed by atoms with Crippen LogP contribution >= 0.6 is 0 Å². The number of carbonyl (C=O) groups excluding carboxylic acids is 2. The van der Waals surface area contributed by atoms with Gasteiger partial charge in [-0.1, -0.05) is 18.2 Å². The van der Waals surface area contributed by atoms with Crippen LogP contribution in [0.1, 0.15) is 18.2 Å². The smallest absolute Gasteiger partial charge is 0.263 e. The number of aryl methyl sites for hydroxylation is 1. The molecule has 0 radical (unpaired) electrons. The van der Waals surface area contributed by atoms with Gasteiger partial charge in [0.2, 0.25) is 0 Å². The average Bonchev–Trinajstić information content (AvgIpc) is 3.46. The van der Waals surface area contributed by atoms with Crippen LogP contribution < -0.4 is 4.74 Å². The lowest BCUT2D eigenvalue weighted by Crippen LogP contribution is -2.42. The second kappa shape index (κ2) is 8.18. The Labute approximate surface area is 198 Å². The van der Waals surface area contributed by atoms with E-state index in [-0.39, 0.29) is 17.9 Å². The highest BCUT2D eigenvalue weighted by Gasteiger charge is 2.41. The number of rotatable bonds is 6. The molecule has 1 aliphatic rings. The van der Waals surface area contributed by atoms with Gasteiger partial charge in [-0.05, 0) is 51.4 Å². The van der Waals surface area contributed by atoms with Crippen LogP contribution in [0.4, 0.5) is 0 Å². The third-order valence-corrected chi connectivity index (χ3v) is 6.76. The van der Waals surface area contributed by atoms with Gasteiger partial charge in [-0.25, -0.2) is 0 Å². The molecule has 0 fully saturated rings. The first-order chi connectivity index (χ1) is 16.3. The quantitative estimate of drug-likeness (QED) is 0.447. The minimum absolute atomic E-state index is 0.0174. The van der Waals surface area contributed by atoms with Gasteiger partial charge in [-0.2, -0.15) is 0 Å². The van der Waals surface area contributed by atoms with Crippen LogP contribution in [0.15, 0.2) is 54.7 Å². The number of likely N-dealkylation sites (N-methyl/N-ethyl adjacent to an activating group) is 1. The lowest BCUT2D eigenvalue weighted by Gasteiger charge is -2.25. The van der Waals surface area contributed by atoms with Crippen LogP contribution in [0, 0.1) is 0 Å². The topological polar surface area (TPSA) is 70.6 Å². The molecule has 7 heteroatoms. The van der Waals surface area contributed by atoms with E-state index in [0.29, 0.717) is 29.1 Å². The van der Waals surface area contributed by atoms with Gasteiger partial charge in [0.05, 0.1) is 23.9 Å². The van der Waals surface area contributed by atoms with Gasteiger partial charge in [-0.15, -0.1) is 0 Å². The van der Waals surface area contributed by atoms with E-state index in [1.165, 1.54) is 4.90 Å². The summed E-state index contributed by atoms with van der Waals surface area (Å²) in [6.45, 7) is 2.32. The van der Waals surface area contributed by atoms with Crippen molar-refractivity contribution >= 4 is 44.8 Å². The number of carbonyl (C=O) groups is 2. The molecule has 1 aliphatic heterocycles. The number of benzene rings is 2. The monoisotopic (exact) mass is 456 g/mol. The van der Waals surface area contributed by atoms with Crippen molar-refractivity contribution in [3.8, 4) is 5.75 Å². The van der Waals surface area contributed by atoms with Crippen molar-refractivity contribution in [2.24, 2.45) is 7.05 Å². The number of aromatic nitrogens is 2. The van der Waals surface area contributed by atoms with E-state index in [2.05, 4.69) is 4.98 Å². The molecule has 0 bridgehead atoms. The molecule has 0 spiro atoms. The van der Waals surface area contributed by atoms with Crippen LogP contribution in [-0.2, 0) is 16.6 Å². The van der Waals surface area contributed by atoms with E-state index in [1.807, 2.05) is 92.3 Å². The highest BCUT2D eigenvalue weighted by Crippen LogP contribution is 2.40. The van der Waals surface area contributed by atoms with Gasteiger partial charge in [0.1, 0.15) is 5.75 Å². The van der Waals surface area contributed by atoms with E-state index in [1.54, 1.807) is 7.11 Å². The predicted molar refractivity (Wildman–Crippen MR) is 134 cm³/mol. The van der Waals surface area contributed by atoms with Crippen LogP contribution in [0.3, 0.4) is 0 Å². The molecule has 1 atom stereocenters. The molecule has 34 heavy (non-hydrogen) atoms.